The Morgan fingerprint density at radius 1 is 0.900 bits per heavy atom. The summed E-state index contributed by atoms with van der Waals surface area (Å²) >= 11 is 0. The summed E-state index contributed by atoms with van der Waals surface area (Å²) in [4.78, 5) is 26.7. The summed E-state index contributed by atoms with van der Waals surface area (Å²) in [7, 11) is 0. The molecule has 1 aliphatic carbocycles. The van der Waals surface area contributed by atoms with Gasteiger partial charge in [-0.15, -0.1) is 0 Å². The average Bonchev–Trinajstić information content (AvgIpc) is 3.66. The zero-order valence-corrected chi connectivity index (χ0v) is 22.6. The lowest BCUT2D eigenvalue weighted by Gasteiger charge is -2.16. The number of carbonyl (C=O) groups excluding carboxylic acids is 2. The molecule has 0 atom stereocenters. The van der Waals surface area contributed by atoms with Crippen LogP contribution in [0.15, 0.2) is 89.3 Å². The van der Waals surface area contributed by atoms with Crippen molar-refractivity contribution in [3.63, 3.8) is 0 Å². The monoisotopic (exact) mass is 531 g/mol. The number of aryl methyl sites for hydroxylation is 1. The minimum Gasteiger partial charge on any atom is -0.455 e. The zero-order valence-electron chi connectivity index (χ0n) is 22.6. The number of furan rings is 1. The van der Waals surface area contributed by atoms with Crippen LogP contribution in [0.2, 0.25) is 0 Å². The third-order valence-corrected chi connectivity index (χ3v) is 8.15. The van der Waals surface area contributed by atoms with Gasteiger partial charge in [0, 0.05) is 52.1 Å². The number of ketones is 2. The number of Topliss-reactive ketones (excluding diaryl/α,β-unsaturated/α-hetero) is 2. The molecule has 0 amide bonds. The molecule has 1 heterocycles. The summed E-state index contributed by atoms with van der Waals surface area (Å²) in [6.07, 6.45) is 2.77. The molecule has 6 rings (SSSR count). The molecule has 0 unspecified atom stereocenters. The Kier molecular flexibility index (Phi) is 6.38. The van der Waals surface area contributed by atoms with Crippen molar-refractivity contribution >= 4 is 28.2 Å². The topological polar surface area (TPSA) is 73.3 Å². The molecule has 0 radical (unpaired) electrons. The second-order valence-electron chi connectivity index (χ2n) is 10.8. The first-order chi connectivity index (χ1) is 19.3. The minimum absolute atomic E-state index is 0.0786. The van der Waals surface area contributed by atoms with Crippen LogP contribution in [-0.4, -0.2) is 11.6 Å². The summed E-state index contributed by atoms with van der Waals surface area (Å²) in [6, 6.07) is 25.5. The van der Waals surface area contributed by atoms with E-state index in [0.29, 0.717) is 45.5 Å². The van der Waals surface area contributed by atoms with Crippen LogP contribution in [0.3, 0.4) is 0 Å². The van der Waals surface area contributed by atoms with E-state index >= 15 is 0 Å². The van der Waals surface area contributed by atoms with Gasteiger partial charge in [-0.05, 0) is 72.9 Å². The van der Waals surface area contributed by atoms with Gasteiger partial charge in [-0.2, -0.15) is 0 Å². The second kappa shape index (κ2) is 9.91. The van der Waals surface area contributed by atoms with E-state index in [2.05, 4.69) is 12.1 Å². The molecule has 0 bridgehead atoms. The number of anilines is 1. The van der Waals surface area contributed by atoms with E-state index in [1.165, 1.54) is 17.7 Å². The van der Waals surface area contributed by atoms with E-state index in [-0.39, 0.29) is 29.2 Å². The second-order valence-corrected chi connectivity index (χ2v) is 10.8. The first-order valence-electron chi connectivity index (χ1n) is 13.6. The van der Waals surface area contributed by atoms with Crippen LogP contribution in [0.25, 0.3) is 33.4 Å². The predicted octanol–water partition coefficient (Wildman–Crippen LogP) is 8.69. The van der Waals surface area contributed by atoms with E-state index in [1.54, 1.807) is 25.1 Å². The number of halogens is 1. The number of nitrogens with two attached hydrogens (primary N) is 1. The Morgan fingerprint density at radius 2 is 1.62 bits per heavy atom. The van der Waals surface area contributed by atoms with Crippen LogP contribution in [0, 0.1) is 12.7 Å². The number of rotatable bonds is 8. The molecule has 1 fully saturated rings. The maximum Gasteiger partial charge on any atom is 0.167 e. The lowest BCUT2D eigenvalue weighted by Crippen LogP contribution is -2.14. The highest BCUT2D eigenvalue weighted by Crippen LogP contribution is 2.51. The van der Waals surface area contributed by atoms with Crippen molar-refractivity contribution in [2.75, 3.05) is 5.73 Å². The first-order valence-corrected chi connectivity index (χ1v) is 13.6. The van der Waals surface area contributed by atoms with Crippen LogP contribution >= 0.6 is 0 Å². The van der Waals surface area contributed by atoms with E-state index in [1.807, 2.05) is 49.4 Å². The molecule has 0 spiro atoms. The number of hydrogen-bond acceptors (Lipinski definition) is 4. The van der Waals surface area contributed by atoms with Crippen molar-refractivity contribution in [3.05, 3.63) is 113 Å². The van der Waals surface area contributed by atoms with E-state index < -0.39 is 0 Å². The number of fused-ring (bicyclic) bond motifs is 1. The molecular weight excluding hydrogens is 501 g/mol. The molecule has 0 aliphatic heterocycles. The number of hydrogen-bond donors (Lipinski definition) is 1. The zero-order chi connectivity index (χ0) is 28.0. The maximum absolute atomic E-state index is 13.6. The minimum atomic E-state index is -0.365. The summed E-state index contributed by atoms with van der Waals surface area (Å²) in [6.45, 7) is 3.78. The summed E-state index contributed by atoms with van der Waals surface area (Å²) in [5, 5.41) is 0.646. The van der Waals surface area contributed by atoms with Gasteiger partial charge in [0.05, 0.1) is 5.56 Å². The Balaban J connectivity index is 1.42. The summed E-state index contributed by atoms with van der Waals surface area (Å²) < 4.78 is 19.7. The number of carbonyl (C=O) groups is 2. The Morgan fingerprint density at radius 3 is 2.30 bits per heavy atom. The summed E-state index contributed by atoms with van der Waals surface area (Å²) in [5.41, 5.74) is 12.9. The molecule has 1 aromatic heterocycles. The Bertz CT molecular complexity index is 1760. The van der Waals surface area contributed by atoms with E-state index in [0.717, 1.165) is 29.5 Å². The van der Waals surface area contributed by atoms with Gasteiger partial charge in [0.2, 0.25) is 0 Å². The largest absolute Gasteiger partial charge is 0.455 e. The molecule has 2 N–H and O–H groups in total. The molecule has 5 heteroatoms. The smallest absolute Gasteiger partial charge is 0.167 e. The fourth-order valence-corrected chi connectivity index (χ4v) is 5.66. The fourth-order valence-electron chi connectivity index (χ4n) is 5.66. The molecule has 200 valence electrons. The van der Waals surface area contributed by atoms with Gasteiger partial charge in [-0.25, -0.2) is 4.39 Å². The number of nitrogen functional groups attached to an aromatic ring is 1. The van der Waals surface area contributed by atoms with Gasteiger partial charge >= 0.3 is 0 Å². The number of benzene rings is 4. The molecular formula is C35H30FNO3. The van der Waals surface area contributed by atoms with Gasteiger partial charge in [0.1, 0.15) is 17.2 Å². The third kappa shape index (κ3) is 4.51. The molecule has 0 saturated heterocycles. The SMILES string of the molecule is CCC(=O)c1c(-c2ccc(F)cc2)oc2cc(N)c(-c3cc(C(=O)CC4(c5ccccc5)CC4)ccc3C)cc12. The van der Waals surface area contributed by atoms with E-state index in [9.17, 15) is 14.0 Å². The van der Waals surface area contributed by atoms with Gasteiger partial charge in [-0.3, -0.25) is 9.59 Å². The van der Waals surface area contributed by atoms with Crippen molar-refractivity contribution in [3.8, 4) is 22.5 Å². The normalized spacial score (nSPS) is 13.9. The van der Waals surface area contributed by atoms with Crippen molar-refractivity contribution in [1.29, 1.82) is 0 Å². The van der Waals surface area contributed by atoms with Gasteiger partial charge in [0.25, 0.3) is 0 Å². The highest BCUT2D eigenvalue weighted by molar-refractivity contribution is 6.13. The van der Waals surface area contributed by atoms with Gasteiger partial charge in [-0.1, -0.05) is 49.4 Å². The standard InChI is InChI=1S/C35H30FNO3/c1-3-30(38)33-28-18-27(29(37)19-32(28)40-34(33)22-11-13-25(36)14-12-22)26-17-23(10-9-21(26)2)31(39)20-35(15-16-35)24-7-5-4-6-8-24/h4-14,17-19H,3,15-16,20,37H2,1-2H3. The van der Waals surface area contributed by atoms with Crippen LogP contribution in [0.4, 0.5) is 10.1 Å². The summed E-state index contributed by atoms with van der Waals surface area (Å²) in [5.74, 6) is 0.0573. The molecule has 4 nitrogen and oxygen atoms in total. The van der Waals surface area contributed by atoms with Crippen molar-refractivity contribution in [2.45, 2.75) is 44.9 Å². The highest BCUT2D eigenvalue weighted by Gasteiger charge is 2.45. The maximum atomic E-state index is 13.6. The van der Waals surface area contributed by atoms with Crippen LogP contribution in [-0.2, 0) is 5.41 Å². The molecule has 40 heavy (non-hydrogen) atoms. The molecule has 1 saturated carbocycles. The van der Waals surface area contributed by atoms with Gasteiger partial charge in [0.15, 0.2) is 11.6 Å². The third-order valence-electron chi connectivity index (χ3n) is 8.15. The molecule has 5 aromatic rings. The van der Waals surface area contributed by atoms with Crippen LogP contribution in [0.1, 0.15) is 64.4 Å². The van der Waals surface area contributed by atoms with Crippen LogP contribution in [0.5, 0.6) is 0 Å². The van der Waals surface area contributed by atoms with Crippen molar-refractivity contribution in [2.24, 2.45) is 0 Å². The Labute approximate surface area is 232 Å². The van der Waals surface area contributed by atoms with Crippen molar-refractivity contribution in [1.82, 2.24) is 0 Å². The lowest BCUT2D eigenvalue weighted by molar-refractivity contribution is 0.0967. The van der Waals surface area contributed by atoms with Crippen molar-refractivity contribution < 1.29 is 18.4 Å². The van der Waals surface area contributed by atoms with Gasteiger partial charge < -0.3 is 10.2 Å². The van der Waals surface area contributed by atoms with Crippen LogP contribution < -0.4 is 5.73 Å². The predicted molar refractivity (Wildman–Crippen MR) is 157 cm³/mol. The highest BCUT2D eigenvalue weighted by atomic mass is 19.1. The molecule has 1 aliphatic rings. The van der Waals surface area contributed by atoms with E-state index in [4.69, 9.17) is 10.2 Å². The fraction of sp³-hybridized carbons (Fsp3) is 0.200. The Hall–Kier alpha value is -4.51. The lowest BCUT2D eigenvalue weighted by atomic mass is 9.87. The quantitative estimate of drug-likeness (QED) is 0.161. The first kappa shape index (κ1) is 25.8. The average molecular weight is 532 g/mol. The molecule has 4 aromatic carbocycles.